The summed E-state index contributed by atoms with van der Waals surface area (Å²) >= 11 is 3.38. The lowest BCUT2D eigenvalue weighted by Gasteiger charge is -2.41. The molecule has 1 fully saturated rings. The maximum absolute atomic E-state index is 11.3. The molecule has 0 bridgehead atoms. The third-order valence-electron chi connectivity index (χ3n) is 3.50. The van der Waals surface area contributed by atoms with Gasteiger partial charge in [-0.3, -0.25) is 0 Å². The van der Waals surface area contributed by atoms with E-state index < -0.39 is 6.09 Å². The van der Waals surface area contributed by atoms with Crippen LogP contribution in [0.25, 0.3) is 0 Å². The van der Waals surface area contributed by atoms with Crippen molar-refractivity contribution in [3.63, 3.8) is 0 Å². The summed E-state index contributed by atoms with van der Waals surface area (Å²) < 4.78 is 0.802. The molecule has 1 aromatic heterocycles. The summed E-state index contributed by atoms with van der Waals surface area (Å²) in [6.07, 6.45) is 0.0501. The predicted molar refractivity (Wildman–Crippen MR) is 82.1 cm³/mol. The molecule has 1 aliphatic rings. The van der Waals surface area contributed by atoms with Crippen LogP contribution in [0.2, 0.25) is 0 Å². The van der Waals surface area contributed by atoms with Crippen molar-refractivity contribution in [2.75, 3.05) is 24.5 Å². The summed E-state index contributed by atoms with van der Waals surface area (Å²) in [5.41, 5.74) is 0. The molecule has 1 saturated heterocycles. The Morgan fingerprint density at radius 3 is 2.85 bits per heavy atom. The first-order valence-corrected chi connectivity index (χ1v) is 7.63. The van der Waals surface area contributed by atoms with Crippen molar-refractivity contribution in [1.82, 2.24) is 9.88 Å². The standard InChI is InChI=1S/C14H20BrN3O2/c1-10(2)8-11-9-17(6-7-18(11)14(19)20)13-5-3-4-12(15)16-13/h3-5,10-11H,6-9H2,1-2H3,(H,19,20). The van der Waals surface area contributed by atoms with E-state index in [-0.39, 0.29) is 6.04 Å². The van der Waals surface area contributed by atoms with Gasteiger partial charge >= 0.3 is 6.09 Å². The highest BCUT2D eigenvalue weighted by Gasteiger charge is 2.31. The molecule has 0 spiro atoms. The van der Waals surface area contributed by atoms with Gasteiger partial charge in [-0.25, -0.2) is 9.78 Å². The van der Waals surface area contributed by atoms with E-state index in [0.717, 1.165) is 16.8 Å². The van der Waals surface area contributed by atoms with E-state index in [1.165, 1.54) is 0 Å². The normalized spacial score (nSPS) is 19.5. The Balaban J connectivity index is 2.13. The predicted octanol–water partition coefficient (Wildman–Crippen LogP) is 3.06. The van der Waals surface area contributed by atoms with Crippen LogP contribution >= 0.6 is 15.9 Å². The van der Waals surface area contributed by atoms with Gasteiger partial charge in [-0.2, -0.15) is 0 Å². The van der Waals surface area contributed by atoms with E-state index in [1.807, 2.05) is 18.2 Å². The van der Waals surface area contributed by atoms with Crippen molar-refractivity contribution in [3.05, 3.63) is 22.8 Å². The van der Waals surface area contributed by atoms with E-state index in [9.17, 15) is 9.90 Å². The van der Waals surface area contributed by atoms with Gasteiger partial charge in [-0.1, -0.05) is 19.9 Å². The minimum Gasteiger partial charge on any atom is -0.465 e. The van der Waals surface area contributed by atoms with Crippen LogP contribution in [0.15, 0.2) is 22.8 Å². The molecule has 20 heavy (non-hydrogen) atoms. The second-order valence-corrected chi connectivity index (χ2v) is 6.34. The van der Waals surface area contributed by atoms with Crippen molar-refractivity contribution in [2.24, 2.45) is 5.92 Å². The molecular formula is C14H20BrN3O2. The lowest BCUT2D eigenvalue weighted by molar-refractivity contribution is 0.111. The molecule has 110 valence electrons. The van der Waals surface area contributed by atoms with Gasteiger partial charge in [-0.05, 0) is 40.4 Å². The lowest BCUT2D eigenvalue weighted by atomic mass is 10.0. The highest BCUT2D eigenvalue weighted by molar-refractivity contribution is 9.10. The molecule has 6 heteroatoms. The molecule has 0 saturated carbocycles. The van der Waals surface area contributed by atoms with E-state index in [0.29, 0.717) is 25.6 Å². The molecule has 0 aliphatic carbocycles. The van der Waals surface area contributed by atoms with Crippen LogP contribution < -0.4 is 4.90 Å². The number of halogens is 1. The number of hydrogen-bond acceptors (Lipinski definition) is 3. The fourth-order valence-electron chi connectivity index (χ4n) is 2.63. The first-order valence-electron chi connectivity index (χ1n) is 6.84. The third kappa shape index (κ3) is 3.62. The smallest absolute Gasteiger partial charge is 0.407 e. The zero-order valence-electron chi connectivity index (χ0n) is 11.8. The van der Waals surface area contributed by atoms with Crippen LogP contribution in [-0.4, -0.2) is 46.8 Å². The first-order chi connectivity index (χ1) is 9.47. The summed E-state index contributed by atoms with van der Waals surface area (Å²) in [5.74, 6) is 1.37. The largest absolute Gasteiger partial charge is 0.465 e. The average Bonchev–Trinajstić information content (AvgIpc) is 2.37. The number of carboxylic acid groups (broad SMARTS) is 1. The monoisotopic (exact) mass is 341 g/mol. The van der Waals surface area contributed by atoms with Crippen LogP contribution in [0.1, 0.15) is 20.3 Å². The molecule has 1 unspecified atom stereocenters. The minimum atomic E-state index is -0.822. The average molecular weight is 342 g/mol. The van der Waals surface area contributed by atoms with Gasteiger partial charge in [0.2, 0.25) is 0 Å². The van der Waals surface area contributed by atoms with Crippen molar-refractivity contribution in [1.29, 1.82) is 0 Å². The number of hydrogen-bond donors (Lipinski definition) is 1. The zero-order valence-corrected chi connectivity index (χ0v) is 13.4. The van der Waals surface area contributed by atoms with Crippen LogP contribution in [0.5, 0.6) is 0 Å². The van der Waals surface area contributed by atoms with E-state index >= 15 is 0 Å². The molecule has 1 amide bonds. The molecule has 0 radical (unpaired) electrons. The molecule has 1 atom stereocenters. The minimum absolute atomic E-state index is 0.0297. The Bertz CT molecular complexity index is 481. The Hall–Kier alpha value is -1.30. The van der Waals surface area contributed by atoms with Gasteiger partial charge in [0.15, 0.2) is 0 Å². The molecular weight excluding hydrogens is 322 g/mol. The fourth-order valence-corrected chi connectivity index (χ4v) is 2.97. The van der Waals surface area contributed by atoms with Gasteiger partial charge in [-0.15, -0.1) is 0 Å². The van der Waals surface area contributed by atoms with Crippen LogP contribution in [0.3, 0.4) is 0 Å². The summed E-state index contributed by atoms with van der Waals surface area (Å²) in [5, 5.41) is 9.31. The maximum Gasteiger partial charge on any atom is 0.407 e. The number of aromatic nitrogens is 1. The Morgan fingerprint density at radius 1 is 1.50 bits per heavy atom. The van der Waals surface area contributed by atoms with Crippen LogP contribution in [-0.2, 0) is 0 Å². The van der Waals surface area contributed by atoms with Gasteiger partial charge < -0.3 is 14.9 Å². The molecule has 2 heterocycles. The van der Waals surface area contributed by atoms with E-state index in [1.54, 1.807) is 4.90 Å². The Morgan fingerprint density at radius 2 is 2.25 bits per heavy atom. The Kier molecular flexibility index (Phi) is 4.86. The second-order valence-electron chi connectivity index (χ2n) is 5.52. The number of carbonyl (C=O) groups is 1. The van der Waals surface area contributed by atoms with Crippen molar-refractivity contribution < 1.29 is 9.90 Å². The highest BCUT2D eigenvalue weighted by atomic mass is 79.9. The molecule has 1 aliphatic heterocycles. The zero-order chi connectivity index (χ0) is 14.7. The number of nitrogens with zero attached hydrogens (tertiary/aromatic N) is 3. The fraction of sp³-hybridized carbons (Fsp3) is 0.571. The number of anilines is 1. The van der Waals surface area contributed by atoms with Gasteiger partial charge in [0.25, 0.3) is 0 Å². The van der Waals surface area contributed by atoms with Crippen LogP contribution in [0.4, 0.5) is 10.6 Å². The molecule has 1 N–H and O–H groups in total. The molecule has 2 rings (SSSR count). The van der Waals surface area contributed by atoms with Gasteiger partial charge in [0, 0.05) is 19.6 Å². The lowest BCUT2D eigenvalue weighted by Crippen LogP contribution is -2.55. The van der Waals surface area contributed by atoms with Gasteiger partial charge in [0.05, 0.1) is 6.04 Å². The SMILES string of the molecule is CC(C)CC1CN(c2cccc(Br)n2)CCN1C(=O)O. The van der Waals surface area contributed by atoms with Crippen molar-refractivity contribution in [3.8, 4) is 0 Å². The summed E-state index contributed by atoms with van der Waals surface area (Å²) in [6, 6.07) is 5.84. The molecule has 0 aromatic carbocycles. The van der Waals surface area contributed by atoms with Crippen LogP contribution in [0, 0.1) is 5.92 Å². The third-order valence-corrected chi connectivity index (χ3v) is 3.94. The number of piperazine rings is 1. The summed E-state index contributed by atoms with van der Waals surface area (Å²) in [7, 11) is 0. The quantitative estimate of drug-likeness (QED) is 0.858. The van der Waals surface area contributed by atoms with Crippen molar-refractivity contribution >= 4 is 27.8 Å². The number of rotatable bonds is 3. The second kappa shape index (κ2) is 6.43. The summed E-state index contributed by atoms with van der Waals surface area (Å²) in [4.78, 5) is 19.5. The molecule has 1 aromatic rings. The topological polar surface area (TPSA) is 56.7 Å². The highest BCUT2D eigenvalue weighted by Crippen LogP contribution is 2.22. The van der Waals surface area contributed by atoms with E-state index in [2.05, 4.69) is 39.7 Å². The number of amides is 1. The first kappa shape index (κ1) is 15.1. The van der Waals surface area contributed by atoms with E-state index in [4.69, 9.17) is 0 Å². The summed E-state index contributed by atoms with van der Waals surface area (Å²) in [6.45, 7) is 6.16. The van der Waals surface area contributed by atoms with Crippen molar-refractivity contribution in [2.45, 2.75) is 26.3 Å². The molecule has 5 nitrogen and oxygen atoms in total. The van der Waals surface area contributed by atoms with Gasteiger partial charge in [0.1, 0.15) is 10.4 Å². The number of pyridine rings is 1. The maximum atomic E-state index is 11.3. The Labute approximate surface area is 127 Å².